The van der Waals surface area contributed by atoms with E-state index in [1.807, 2.05) is 72.8 Å². The van der Waals surface area contributed by atoms with E-state index in [9.17, 15) is 4.21 Å². The predicted octanol–water partition coefficient (Wildman–Crippen LogP) is 5.29. The van der Waals surface area contributed by atoms with E-state index in [0.717, 1.165) is 41.5 Å². The van der Waals surface area contributed by atoms with E-state index in [1.165, 1.54) is 12.0 Å². The molecule has 1 atom stereocenters. The number of hydrogen-bond donors (Lipinski definition) is 0. The van der Waals surface area contributed by atoms with Crippen LogP contribution >= 0.6 is 0 Å². The first-order valence-electron chi connectivity index (χ1n) is 10.9. The molecule has 3 aromatic carbocycles. The summed E-state index contributed by atoms with van der Waals surface area (Å²) < 4.78 is 24.2. The quantitative estimate of drug-likeness (QED) is 0.484. The van der Waals surface area contributed by atoms with Crippen molar-refractivity contribution in [3.63, 3.8) is 0 Å². The smallest absolute Gasteiger partial charge is 0.118 e. The topological polar surface area (TPSA) is 41.9 Å². The third-order valence-corrected chi connectivity index (χ3v) is 8.27. The Kier molecular flexibility index (Phi) is 7.05. The molecule has 0 radical (unpaired) electrons. The number of likely N-dealkylation sites (tertiary alicyclic amines) is 1. The van der Waals surface area contributed by atoms with E-state index in [4.69, 9.17) is 9.10 Å². The van der Waals surface area contributed by atoms with Crippen LogP contribution in [0.25, 0.3) is 0 Å². The van der Waals surface area contributed by atoms with Gasteiger partial charge in [0.2, 0.25) is 0 Å². The molecule has 5 heteroatoms. The van der Waals surface area contributed by atoms with Gasteiger partial charge >= 0.3 is 0 Å². The lowest BCUT2D eigenvalue weighted by Gasteiger charge is -2.23. The maximum Gasteiger partial charge on any atom is 0.118 e. The normalized spacial score (nSPS) is 16.9. The van der Waals surface area contributed by atoms with Crippen molar-refractivity contribution in [2.45, 2.75) is 35.1 Å². The van der Waals surface area contributed by atoms with Crippen LogP contribution in [0.4, 0.5) is 0 Å². The maximum absolute atomic E-state index is 14.1. The van der Waals surface area contributed by atoms with Crippen molar-refractivity contribution in [1.82, 2.24) is 4.90 Å². The molecule has 31 heavy (non-hydrogen) atoms. The molecular weight excluding hydrogens is 404 g/mol. The minimum atomic E-state index is -2.65. The number of rotatable bonds is 8. The lowest BCUT2D eigenvalue weighted by atomic mass is 10.1. The van der Waals surface area contributed by atoms with E-state index in [0.29, 0.717) is 12.6 Å². The van der Waals surface area contributed by atoms with Crippen LogP contribution in [0.15, 0.2) is 99.1 Å². The number of ether oxygens (including phenoxy) is 1. The molecule has 0 unspecified atom stereocenters. The lowest BCUT2D eigenvalue weighted by Crippen LogP contribution is -2.33. The van der Waals surface area contributed by atoms with Crippen LogP contribution < -0.4 is 4.74 Å². The van der Waals surface area contributed by atoms with Gasteiger partial charge in [0.1, 0.15) is 15.5 Å². The fourth-order valence-electron chi connectivity index (χ4n) is 4.15. The molecule has 4 nitrogen and oxygen atoms in total. The highest BCUT2D eigenvalue weighted by Gasteiger charge is 2.25. The van der Waals surface area contributed by atoms with Crippen molar-refractivity contribution < 1.29 is 8.95 Å². The van der Waals surface area contributed by atoms with Crippen molar-refractivity contribution in [2.24, 2.45) is 4.36 Å². The summed E-state index contributed by atoms with van der Waals surface area (Å²) in [7, 11) is -0.957. The molecular formula is C26H30N2O2S. The van der Waals surface area contributed by atoms with Gasteiger partial charge in [-0.25, -0.2) is 8.57 Å². The highest BCUT2D eigenvalue weighted by atomic mass is 32.2. The largest absolute Gasteiger partial charge is 0.497 e. The van der Waals surface area contributed by atoms with Crippen LogP contribution in [-0.4, -0.2) is 41.9 Å². The Morgan fingerprint density at radius 1 is 0.935 bits per heavy atom. The molecule has 1 heterocycles. The fourth-order valence-corrected chi connectivity index (χ4v) is 6.15. The molecule has 1 saturated heterocycles. The molecule has 1 aliphatic rings. The molecule has 4 rings (SSSR count). The second-order valence-electron chi connectivity index (χ2n) is 7.89. The molecule has 0 aromatic heterocycles. The van der Waals surface area contributed by atoms with Crippen LogP contribution in [0.5, 0.6) is 5.75 Å². The second kappa shape index (κ2) is 10.1. The third kappa shape index (κ3) is 5.17. The van der Waals surface area contributed by atoms with Crippen molar-refractivity contribution >= 4 is 9.73 Å². The van der Waals surface area contributed by atoms with E-state index in [-0.39, 0.29) is 0 Å². The standard InChI is InChI=1S/C26H30N2O2S/c1-30-24-16-14-22(15-17-24)18-20-28-19-8-9-23(28)21-27-31(29,25-10-4-2-5-11-25)26-12-6-3-7-13-26/h2-7,10-17,23H,8-9,18-21H2,1H3/t23-/m0/s1. The SMILES string of the molecule is COc1ccc(CCN2CCC[C@H]2CN=S(=O)(c2ccccc2)c2ccccc2)cc1. The Bertz CT molecular complexity index is 1030. The summed E-state index contributed by atoms with van der Waals surface area (Å²) >= 11 is 0. The van der Waals surface area contributed by atoms with Gasteiger partial charge in [-0.2, -0.15) is 0 Å². The first-order chi connectivity index (χ1) is 15.2. The molecule has 1 fully saturated rings. The van der Waals surface area contributed by atoms with Crippen LogP contribution in [-0.2, 0) is 16.1 Å². The van der Waals surface area contributed by atoms with Crippen molar-refractivity contribution in [3.8, 4) is 5.75 Å². The minimum Gasteiger partial charge on any atom is -0.497 e. The fraction of sp³-hybridized carbons (Fsp3) is 0.308. The first-order valence-corrected chi connectivity index (χ1v) is 12.4. The Morgan fingerprint density at radius 3 is 2.13 bits per heavy atom. The Morgan fingerprint density at radius 2 is 1.55 bits per heavy atom. The highest BCUT2D eigenvalue weighted by Crippen LogP contribution is 2.25. The molecule has 0 amide bonds. The maximum atomic E-state index is 14.1. The molecule has 0 N–H and O–H groups in total. The summed E-state index contributed by atoms with van der Waals surface area (Å²) in [4.78, 5) is 4.07. The molecule has 1 aliphatic heterocycles. The van der Waals surface area contributed by atoms with Gasteiger partial charge in [0, 0.05) is 12.6 Å². The summed E-state index contributed by atoms with van der Waals surface area (Å²) in [6, 6.07) is 28.0. The molecule has 0 bridgehead atoms. The van der Waals surface area contributed by atoms with Crippen molar-refractivity contribution in [2.75, 3.05) is 26.7 Å². The van der Waals surface area contributed by atoms with Gasteiger partial charge in [-0.3, -0.25) is 4.90 Å². The number of hydrogen-bond acceptors (Lipinski definition) is 4. The zero-order valence-corrected chi connectivity index (χ0v) is 18.8. The Balaban J connectivity index is 1.50. The lowest BCUT2D eigenvalue weighted by molar-refractivity contribution is 0.262. The van der Waals surface area contributed by atoms with Gasteiger partial charge in [-0.1, -0.05) is 48.5 Å². The molecule has 162 valence electrons. The summed E-state index contributed by atoms with van der Waals surface area (Å²) in [6.07, 6.45) is 3.26. The monoisotopic (exact) mass is 434 g/mol. The number of methoxy groups -OCH3 is 1. The minimum absolute atomic E-state index is 0.339. The molecule has 0 saturated carbocycles. The van der Waals surface area contributed by atoms with E-state index >= 15 is 0 Å². The predicted molar refractivity (Wildman–Crippen MR) is 126 cm³/mol. The number of benzene rings is 3. The zero-order valence-electron chi connectivity index (χ0n) is 18.0. The van der Waals surface area contributed by atoms with Crippen LogP contribution in [0.2, 0.25) is 0 Å². The van der Waals surface area contributed by atoms with Crippen LogP contribution in [0.1, 0.15) is 18.4 Å². The zero-order chi connectivity index (χ0) is 21.5. The summed E-state index contributed by atoms with van der Waals surface area (Å²) in [6.45, 7) is 2.66. The summed E-state index contributed by atoms with van der Waals surface area (Å²) in [5.41, 5.74) is 1.31. The van der Waals surface area contributed by atoms with Gasteiger partial charge in [0.15, 0.2) is 0 Å². The average molecular weight is 435 g/mol. The van der Waals surface area contributed by atoms with E-state index in [2.05, 4.69) is 17.0 Å². The van der Waals surface area contributed by atoms with Gasteiger partial charge in [0.25, 0.3) is 0 Å². The highest BCUT2D eigenvalue weighted by molar-refractivity contribution is 7.93. The Hall–Kier alpha value is -2.63. The van der Waals surface area contributed by atoms with Crippen molar-refractivity contribution in [3.05, 3.63) is 90.5 Å². The van der Waals surface area contributed by atoms with E-state index < -0.39 is 9.73 Å². The Labute approximate surface area is 186 Å². The van der Waals surface area contributed by atoms with Crippen LogP contribution in [0.3, 0.4) is 0 Å². The van der Waals surface area contributed by atoms with Gasteiger partial charge < -0.3 is 4.74 Å². The summed E-state index contributed by atoms with van der Waals surface area (Å²) in [5.74, 6) is 0.887. The van der Waals surface area contributed by atoms with Gasteiger partial charge in [-0.05, 0) is 67.8 Å². The average Bonchev–Trinajstić information content (AvgIpc) is 3.30. The third-order valence-electron chi connectivity index (χ3n) is 5.94. The molecule has 0 spiro atoms. The van der Waals surface area contributed by atoms with E-state index in [1.54, 1.807) is 7.11 Å². The van der Waals surface area contributed by atoms with Gasteiger partial charge in [-0.15, -0.1) is 0 Å². The van der Waals surface area contributed by atoms with Crippen LogP contribution in [0, 0.1) is 0 Å². The second-order valence-corrected chi connectivity index (χ2v) is 10.1. The number of nitrogens with zero attached hydrogens (tertiary/aromatic N) is 2. The summed E-state index contributed by atoms with van der Waals surface area (Å²) in [5, 5.41) is 0. The molecule has 3 aromatic rings. The van der Waals surface area contributed by atoms with Crippen molar-refractivity contribution in [1.29, 1.82) is 0 Å². The van der Waals surface area contributed by atoms with Gasteiger partial charge in [0.05, 0.1) is 23.4 Å². The first kappa shape index (κ1) is 21.6. The molecule has 0 aliphatic carbocycles.